The Labute approximate surface area is 181 Å². The number of nitrogens with two attached hydrogens (primary N) is 1. The number of primary amides is 1. The summed E-state index contributed by atoms with van der Waals surface area (Å²) in [7, 11) is 0. The molecule has 1 aromatic heterocycles. The van der Waals surface area contributed by atoms with E-state index in [1.54, 1.807) is 12.1 Å². The Bertz CT molecular complexity index is 1230. The average molecular weight is 441 g/mol. The van der Waals surface area contributed by atoms with Crippen molar-refractivity contribution in [1.29, 1.82) is 0 Å². The van der Waals surface area contributed by atoms with Crippen LogP contribution in [0.15, 0.2) is 36.4 Å². The molecular weight excluding hydrogens is 424 g/mol. The highest BCUT2D eigenvalue weighted by molar-refractivity contribution is 7.17. The summed E-state index contributed by atoms with van der Waals surface area (Å²) in [5.41, 5.74) is 9.12. The summed E-state index contributed by atoms with van der Waals surface area (Å²) in [4.78, 5) is 37.2. The summed E-state index contributed by atoms with van der Waals surface area (Å²) < 4.78 is 0. The zero-order chi connectivity index (χ0) is 21.6. The standard InChI is InChI=1S/C22H17ClN2O4S/c1-10-7-11-5-6-16-17(14(11)9-15(10)23)18(22(28)29)21(30-16)25-20(27)13-4-2-3-12(8-13)19(24)26/h2-4,7-9H,5-6H2,1H3,(H2,24,26)(H,25,27)(H,28,29). The Hall–Kier alpha value is -3.16. The minimum absolute atomic E-state index is 0.0512. The molecule has 30 heavy (non-hydrogen) atoms. The molecule has 1 aliphatic rings. The number of aryl methyl sites for hydroxylation is 3. The van der Waals surface area contributed by atoms with E-state index in [2.05, 4.69) is 5.32 Å². The van der Waals surface area contributed by atoms with Crippen LogP contribution in [0, 0.1) is 6.92 Å². The second-order valence-corrected chi connectivity index (χ2v) is 8.58. The molecule has 4 rings (SSSR count). The van der Waals surface area contributed by atoms with Gasteiger partial charge in [-0.2, -0.15) is 0 Å². The molecule has 2 amide bonds. The molecule has 0 aliphatic heterocycles. The van der Waals surface area contributed by atoms with Gasteiger partial charge < -0.3 is 16.2 Å². The van der Waals surface area contributed by atoms with Crippen molar-refractivity contribution in [1.82, 2.24) is 0 Å². The van der Waals surface area contributed by atoms with Crippen LogP contribution in [0.1, 0.15) is 47.1 Å². The Morgan fingerprint density at radius 3 is 2.57 bits per heavy atom. The number of hydrogen-bond donors (Lipinski definition) is 3. The molecule has 0 radical (unpaired) electrons. The summed E-state index contributed by atoms with van der Waals surface area (Å²) >= 11 is 7.55. The van der Waals surface area contributed by atoms with Gasteiger partial charge in [-0.25, -0.2) is 4.79 Å². The van der Waals surface area contributed by atoms with Crippen LogP contribution in [0.2, 0.25) is 5.02 Å². The van der Waals surface area contributed by atoms with Crippen LogP contribution in [0.5, 0.6) is 0 Å². The fourth-order valence-corrected chi connectivity index (χ4v) is 5.01. The third-order valence-corrected chi connectivity index (χ3v) is 6.68. The molecule has 0 unspecified atom stereocenters. The fraction of sp³-hybridized carbons (Fsp3) is 0.136. The summed E-state index contributed by atoms with van der Waals surface area (Å²) in [6, 6.07) is 9.75. The van der Waals surface area contributed by atoms with Gasteiger partial charge in [0.15, 0.2) is 0 Å². The van der Waals surface area contributed by atoms with Crippen LogP contribution in [-0.2, 0) is 12.8 Å². The number of anilines is 1. The first-order chi connectivity index (χ1) is 14.3. The number of carboxylic acids is 1. The van der Waals surface area contributed by atoms with Gasteiger partial charge in [0.25, 0.3) is 5.91 Å². The van der Waals surface area contributed by atoms with E-state index in [0.717, 1.165) is 28.0 Å². The molecular formula is C22H17ClN2O4S. The first-order valence-corrected chi connectivity index (χ1v) is 10.3. The highest BCUT2D eigenvalue weighted by Gasteiger charge is 2.30. The summed E-state index contributed by atoms with van der Waals surface area (Å²) in [5.74, 6) is -2.29. The number of nitrogens with one attached hydrogen (secondary N) is 1. The molecule has 0 saturated carbocycles. The van der Waals surface area contributed by atoms with Crippen molar-refractivity contribution in [3.05, 3.63) is 74.1 Å². The van der Waals surface area contributed by atoms with Crippen LogP contribution < -0.4 is 11.1 Å². The van der Waals surface area contributed by atoms with E-state index in [9.17, 15) is 19.5 Å². The number of thiophene rings is 1. The van der Waals surface area contributed by atoms with Crippen molar-refractivity contribution in [2.45, 2.75) is 19.8 Å². The first-order valence-electron chi connectivity index (χ1n) is 9.16. The number of amides is 2. The number of carbonyl (C=O) groups excluding carboxylic acids is 2. The third kappa shape index (κ3) is 3.46. The van der Waals surface area contributed by atoms with Gasteiger partial charge in [-0.1, -0.05) is 23.7 Å². The van der Waals surface area contributed by atoms with Gasteiger partial charge in [-0.15, -0.1) is 11.3 Å². The van der Waals surface area contributed by atoms with Crippen LogP contribution >= 0.6 is 22.9 Å². The lowest BCUT2D eigenvalue weighted by atomic mass is 9.87. The maximum atomic E-state index is 12.8. The molecule has 8 heteroatoms. The predicted molar refractivity (Wildman–Crippen MR) is 117 cm³/mol. The van der Waals surface area contributed by atoms with E-state index >= 15 is 0 Å². The molecule has 0 saturated heterocycles. The predicted octanol–water partition coefficient (Wildman–Crippen LogP) is 4.52. The van der Waals surface area contributed by atoms with E-state index in [1.165, 1.54) is 29.5 Å². The van der Waals surface area contributed by atoms with Gasteiger partial charge in [0, 0.05) is 26.6 Å². The van der Waals surface area contributed by atoms with E-state index in [-0.39, 0.29) is 21.7 Å². The Balaban J connectivity index is 1.78. The highest BCUT2D eigenvalue weighted by atomic mass is 35.5. The molecule has 0 bridgehead atoms. The monoisotopic (exact) mass is 440 g/mol. The van der Waals surface area contributed by atoms with Crippen molar-refractivity contribution in [3.63, 3.8) is 0 Å². The van der Waals surface area contributed by atoms with Gasteiger partial charge in [0.2, 0.25) is 5.91 Å². The van der Waals surface area contributed by atoms with Gasteiger partial charge in [0.1, 0.15) is 10.6 Å². The smallest absolute Gasteiger partial charge is 0.339 e. The number of benzene rings is 2. The second-order valence-electron chi connectivity index (χ2n) is 7.07. The van der Waals surface area contributed by atoms with Gasteiger partial charge in [0.05, 0.1) is 0 Å². The summed E-state index contributed by atoms with van der Waals surface area (Å²) in [6.07, 6.45) is 1.45. The van der Waals surface area contributed by atoms with E-state index < -0.39 is 17.8 Å². The van der Waals surface area contributed by atoms with Gasteiger partial charge >= 0.3 is 5.97 Å². The van der Waals surface area contributed by atoms with Gasteiger partial charge in [-0.05, 0) is 60.7 Å². The maximum Gasteiger partial charge on any atom is 0.339 e. The third-order valence-electron chi connectivity index (χ3n) is 5.11. The van der Waals surface area contributed by atoms with Crippen molar-refractivity contribution in [3.8, 4) is 11.1 Å². The molecule has 0 fully saturated rings. The molecule has 152 valence electrons. The summed E-state index contributed by atoms with van der Waals surface area (Å²) in [6.45, 7) is 1.91. The zero-order valence-corrected chi connectivity index (χ0v) is 17.5. The lowest BCUT2D eigenvalue weighted by molar-refractivity contribution is 0.0699. The average Bonchev–Trinajstić information content (AvgIpc) is 3.07. The number of carbonyl (C=O) groups is 3. The Morgan fingerprint density at radius 2 is 1.87 bits per heavy atom. The molecule has 1 heterocycles. The van der Waals surface area contributed by atoms with Crippen molar-refractivity contribution in [2.24, 2.45) is 5.73 Å². The van der Waals surface area contributed by atoms with Gasteiger partial charge in [-0.3, -0.25) is 9.59 Å². The van der Waals surface area contributed by atoms with Crippen LogP contribution in [0.25, 0.3) is 11.1 Å². The SMILES string of the molecule is Cc1cc2c(cc1Cl)-c1c(sc(NC(=O)c3cccc(C(N)=O)c3)c1C(=O)O)CC2. The first kappa shape index (κ1) is 20.1. The van der Waals surface area contributed by atoms with Crippen LogP contribution in [0.4, 0.5) is 5.00 Å². The minimum Gasteiger partial charge on any atom is -0.478 e. The highest BCUT2D eigenvalue weighted by Crippen LogP contribution is 2.46. The quantitative estimate of drug-likeness (QED) is 0.553. The van der Waals surface area contributed by atoms with Crippen LogP contribution in [0.3, 0.4) is 0 Å². The molecule has 0 spiro atoms. The van der Waals surface area contributed by atoms with Crippen LogP contribution in [-0.4, -0.2) is 22.9 Å². The zero-order valence-electron chi connectivity index (χ0n) is 15.9. The number of carboxylic acid groups (broad SMARTS) is 1. The Morgan fingerprint density at radius 1 is 1.13 bits per heavy atom. The minimum atomic E-state index is -1.13. The van der Waals surface area contributed by atoms with E-state index in [1.807, 2.05) is 13.0 Å². The Kier molecular flexibility index (Phi) is 5.09. The molecule has 6 nitrogen and oxygen atoms in total. The number of halogens is 1. The largest absolute Gasteiger partial charge is 0.478 e. The van der Waals surface area contributed by atoms with E-state index in [4.69, 9.17) is 17.3 Å². The molecule has 0 atom stereocenters. The molecule has 3 aromatic rings. The van der Waals surface area contributed by atoms with Crippen molar-refractivity contribution >= 4 is 45.7 Å². The normalized spacial score (nSPS) is 12.1. The molecule has 2 aromatic carbocycles. The van der Waals surface area contributed by atoms with Crippen molar-refractivity contribution < 1.29 is 19.5 Å². The maximum absolute atomic E-state index is 12.8. The number of hydrogen-bond acceptors (Lipinski definition) is 4. The molecule has 1 aliphatic carbocycles. The number of rotatable bonds is 4. The second kappa shape index (κ2) is 7.59. The van der Waals surface area contributed by atoms with E-state index in [0.29, 0.717) is 17.0 Å². The number of aromatic carboxylic acids is 1. The fourth-order valence-electron chi connectivity index (χ4n) is 3.65. The lowest BCUT2D eigenvalue weighted by Crippen LogP contribution is -2.16. The topological polar surface area (TPSA) is 109 Å². The van der Waals surface area contributed by atoms with Crippen molar-refractivity contribution in [2.75, 3.05) is 5.32 Å². The number of fused-ring (bicyclic) bond motifs is 3. The summed E-state index contributed by atoms with van der Waals surface area (Å²) in [5, 5.41) is 13.4. The molecule has 4 N–H and O–H groups in total. The lowest BCUT2D eigenvalue weighted by Gasteiger charge is -2.18.